The summed E-state index contributed by atoms with van der Waals surface area (Å²) in [4.78, 5) is 17.8. The van der Waals surface area contributed by atoms with Crippen LogP contribution in [0.2, 0.25) is 0 Å². The highest BCUT2D eigenvalue weighted by molar-refractivity contribution is 5.68. The maximum absolute atomic E-state index is 11.3. The Hall–Kier alpha value is -1.43. The summed E-state index contributed by atoms with van der Waals surface area (Å²) in [5.41, 5.74) is -0.238. The van der Waals surface area contributed by atoms with Gasteiger partial charge in [-0.15, -0.1) is 0 Å². The molecule has 0 radical (unpaired) electrons. The van der Waals surface area contributed by atoms with E-state index < -0.39 is 5.97 Å². The fraction of sp³-hybridized carbons (Fsp3) is 0.800. The molecule has 0 unspecified atom stereocenters. The highest BCUT2D eigenvalue weighted by atomic mass is 16.4. The summed E-state index contributed by atoms with van der Waals surface area (Å²) in [6, 6.07) is 0.262. The van der Waals surface area contributed by atoms with Gasteiger partial charge in [-0.2, -0.15) is 5.10 Å². The Morgan fingerprint density at radius 1 is 1.43 bits per heavy atom. The van der Waals surface area contributed by atoms with Gasteiger partial charge >= 0.3 is 5.97 Å². The number of aromatic nitrogens is 3. The number of rotatable bonds is 6. The average Bonchev–Trinajstić information content (AvgIpc) is 2.87. The van der Waals surface area contributed by atoms with E-state index in [9.17, 15) is 9.90 Å². The van der Waals surface area contributed by atoms with E-state index in [0.717, 1.165) is 31.5 Å². The summed E-state index contributed by atoms with van der Waals surface area (Å²) in [5.74, 6) is 0.192. The molecule has 0 atom stereocenters. The van der Waals surface area contributed by atoms with Crippen molar-refractivity contribution < 1.29 is 9.90 Å². The van der Waals surface area contributed by atoms with Crippen molar-refractivity contribution in [2.45, 2.75) is 70.5 Å². The Bertz CT molecular complexity index is 478. The fourth-order valence-corrected chi connectivity index (χ4v) is 3.38. The smallest absolute Gasteiger partial charge is 0.305 e. The lowest BCUT2D eigenvalue weighted by atomic mass is 9.78. The fourth-order valence-electron chi connectivity index (χ4n) is 3.38. The molecule has 1 aliphatic carbocycles. The lowest BCUT2D eigenvalue weighted by Crippen LogP contribution is -2.49. The van der Waals surface area contributed by atoms with E-state index >= 15 is 0 Å². The van der Waals surface area contributed by atoms with Crippen LogP contribution in [0.25, 0.3) is 0 Å². The minimum Gasteiger partial charge on any atom is -0.481 e. The number of carboxylic acids is 1. The number of nitrogens with zero attached hydrogens (tertiary/aromatic N) is 4. The van der Waals surface area contributed by atoms with Gasteiger partial charge in [-0.3, -0.25) is 9.69 Å². The second-order valence-corrected chi connectivity index (χ2v) is 6.43. The standard InChI is InChI=1S/C15H26N4O2/c1-12(2)19-13(16-11-17-19)10-18(3)15(9-14(20)21)7-5-4-6-8-15/h11-12H,4-10H2,1-3H3,(H,20,21). The van der Waals surface area contributed by atoms with Crippen molar-refractivity contribution in [1.82, 2.24) is 19.7 Å². The molecular formula is C15H26N4O2. The Kier molecular flexibility index (Phi) is 4.98. The van der Waals surface area contributed by atoms with Crippen LogP contribution in [0.4, 0.5) is 0 Å². The monoisotopic (exact) mass is 294 g/mol. The van der Waals surface area contributed by atoms with E-state index in [4.69, 9.17) is 0 Å². The molecular weight excluding hydrogens is 268 g/mol. The van der Waals surface area contributed by atoms with Gasteiger partial charge in [-0.05, 0) is 33.7 Å². The highest BCUT2D eigenvalue weighted by Gasteiger charge is 2.38. The molecule has 0 spiro atoms. The Morgan fingerprint density at radius 3 is 2.67 bits per heavy atom. The predicted octanol–water partition coefficient (Wildman–Crippen LogP) is 2.47. The highest BCUT2D eigenvalue weighted by Crippen LogP contribution is 2.36. The third kappa shape index (κ3) is 3.61. The van der Waals surface area contributed by atoms with Gasteiger partial charge in [0.05, 0.1) is 13.0 Å². The van der Waals surface area contributed by atoms with Crippen LogP contribution in [0.1, 0.15) is 64.2 Å². The van der Waals surface area contributed by atoms with Gasteiger partial charge in [-0.25, -0.2) is 9.67 Å². The van der Waals surface area contributed by atoms with Gasteiger partial charge in [0.2, 0.25) is 0 Å². The van der Waals surface area contributed by atoms with Crippen LogP contribution >= 0.6 is 0 Å². The lowest BCUT2D eigenvalue weighted by molar-refractivity contribution is -0.141. The van der Waals surface area contributed by atoms with Crippen molar-refractivity contribution in [3.8, 4) is 0 Å². The van der Waals surface area contributed by atoms with E-state index in [-0.39, 0.29) is 18.0 Å². The van der Waals surface area contributed by atoms with Crippen LogP contribution in [0.15, 0.2) is 6.33 Å². The lowest BCUT2D eigenvalue weighted by Gasteiger charge is -2.43. The normalized spacial score (nSPS) is 18.3. The summed E-state index contributed by atoms with van der Waals surface area (Å²) in [5, 5.41) is 13.5. The molecule has 1 aromatic rings. The molecule has 118 valence electrons. The van der Waals surface area contributed by atoms with Gasteiger partial charge in [0, 0.05) is 11.6 Å². The van der Waals surface area contributed by atoms with E-state index in [1.807, 2.05) is 11.7 Å². The minimum atomic E-state index is -0.714. The van der Waals surface area contributed by atoms with Crippen molar-refractivity contribution in [2.75, 3.05) is 7.05 Å². The van der Waals surface area contributed by atoms with Crippen LogP contribution in [-0.2, 0) is 11.3 Å². The van der Waals surface area contributed by atoms with Gasteiger partial charge in [0.15, 0.2) is 0 Å². The van der Waals surface area contributed by atoms with Gasteiger partial charge in [-0.1, -0.05) is 19.3 Å². The summed E-state index contributed by atoms with van der Waals surface area (Å²) >= 11 is 0. The van der Waals surface area contributed by atoms with Crippen molar-refractivity contribution in [1.29, 1.82) is 0 Å². The third-order valence-electron chi connectivity index (χ3n) is 4.59. The predicted molar refractivity (Wildman–Crippen MR) is 79.9 cm³/mol. The zero-order chi connectivity index (χ0) is 15.5. The average molecular weight is 294 g/mol. The Morgan fingerprint density at radius 2 is 2.10 bits per heavy atom. The SMILES string of the molecule is CC(C)n1ncnc1CN(C)C1(CC(=O)O)CCCCC1. The molecule has 0 saturated heterocycles. The summed E-state index contributed by atoms with van der Waals surface area (Å²) in [6.07, 6.45) is 7.10. The molecule has 6 heteroatoms. The number of carbonyl (C=O) groups is 1. The second-order valence-electron chi connectivity index (χ2n) is 6.43. The first-order chi connectivity index (χ1) is 9.94. The molecule has 0 amide bonds. The molecule has 6 nitrogen and oxygen atoms in total. The molecule has 1 fully saturated rings. The summed E-state index contributed by atoms with van der Waals surface area (Å²) < 4.78 is 1.91. The van der Waals surface area contributed by atoms with E-state index in [0.29, 0.717) is 6.54 Å². The largest absolute Gasteiger partial charge is 0.481 e. The maximum atomic E-state index is 11.3. The molecule has 21 heavy (non-hydrogen) atoms. The molecule has 0 aromatic carbocycles. The first kappa shape index (κ1) is 15.9. The molecule has 0 bridgehead atoms. The van der Waals surface area contributed by atoms with E-state index in [2.05, 4.69) is 28.8 Å². The molecule has 0 aliphatic heterocycles. The second kappa shape index (κ2) is 6.56. The maximum Gasteiger partial charge on any atom is 0.305 e. The number of hydrogen-bond acceptors (Lipinski definition) is 4. The van der Waals surface area contributed by atoms with Crippen molar-refractivity contribution in [3.63, 3.8) is 0 Å². The Balaban J connectivity index is 2.16. The number of hydrogen-bond donors (Lipinski definition) is 1. The zero-order valence-electron chi connectivity index (χ0n) is 13.2. The van der Waals surface area contributed by atoms with Crippen molar-refractivity contribution >= 4 is 5.97 Å². The first-order valence-electron chi connectivity index (χ1n) is 7.76. The third-order valence-corrected chi connectivity index (χ3v) is 4.59. The van der Waals surface area contributed by atoms with Crippen LogP contribution in [0.5, 0.6) is 0 Å². The number of aliphatic carboxylic acids is 1. The molecule has 1 saturated carbocycles. The van der Waals surface area contributed by atoms with Crippen LogP contribution in [0, 0.1) is 0 Å². The van der Waals surface area contributed by atoms with E-state index in [1.165, 1.54) is 6.42 Å². The minimum absolute atomic E-state index is 0.208. The molecule has 1 heterocycles. The topological polar surface area (TPSA) is 71.2 Å². The van der Waals surface area contributed by atoms with Crippen molar-refractivity contribution in [3.05, 3.63) is 12.2 Å². The zero-order valence-corrected chi connectivity index (χ0v) is 13.2. The quantitative estimate of drug-likeness (QED) is 0.872. The van der Waals surface area contributed by atoms with Crippen LogP contribution in [-0.4, -0.2) is 43.3 Å². The van der Waals surface area contributed by atoms with E-state index in [1.54, 1.807) is 6.33 Å². The molecule has 2 rings (SSSR count). The molecule has 1 aromatic heterocycles. The first-order valence-corrected chi connectivity index (χ1v) is 7.76. The molecule has 1 aliphatic rings. The van der Waals surface area contributed by atoms with Gasteiger partial charge in [0.25, 0.3) is 0 Å². The summed E-state index contributed by atoms with van der Waals surface area (Å²) in [7, 11) is 2.02. The van der Waals surface area contributed by atoms with Gasteiger partial charge in [0.1, 0.15) is 12.2 Å². The Labute approximate surface area is 126 Å². The number of carboxylic acid groups (broad SMARTS) is 1. The summed E-state index contributed by atoms with van der Waals surface area (Å²) in [6.45, 7) is 4.79. The molecule has 1 N–H and O–H groups in total. The van der Waals surface area contributed by atoms with Crippen LogP contribution < -0.4 is 0 Å². The van der Waals surface area contributed by atoms with Crippen LogP contribution in [0.3, 0.4) is 0 Å². The van der Waals surface area contributed by atoms with Gasteiger partial charge < -0.3 is 5.11 Å². The van der Waals surface area contributed by atoms with Crippen molar-refractivity contribution in [2.24, 2.45) is 0 Å².